The van der Waals surface area contributed by atoms with E-state index in [1.54, 1.807) is 11.0 Å². The lowest BCUT2D eigenvalue weighted by Gasteiger charge is -2.40. The van der Waals surface area contributed by atoms with E-state index in [9.17, 15) is 14.4 Å². The fourth-order valence-corrected chi connectivity index (χ4v) is 3.31. The fourth-order valence-electron chi connectivity index (χ4n) is 3.31. The van der Waals surface area contributed by atoms with E-state index in [2.05, 4.69) is 18.0 Å². The molecule has 6 heteroatoms. The minimum atomic E-state index is -0.512. The van der Waals surface area contributed by atoms with E-state index in [1.807, 2.05) is 36.4 Å². The van der Waals surface area contributed by atoms with Crippen LogP contribution in [0.4, 0.5) is 4.79 Å². The van der Waals surface area contributed by atoms with Gasteiger partial charge in [0.25, 0.3) is 5.91 Å². The van der Waals surface area contributed by atoms with Gasteiger partial charge in [-0.25, -0.2) is 4.79 Å². The van der Waals surface area contributed by atoms with E-state index < -0.39 is 6.03 Å². The molecule has 0 radical (unpaired) electrons. The zero-order valence-electron chi connectivity index (χ0n) is 13.9. The lowest BCUT2D eigenvalue weighted by molar-refractivity contribution is -0.140. The van der Waals surface area contributed by atoms with Crippen LogP contribution in [0.15, 0.2) is 55.1 Å². The first-order chi connectivity index (χ1) is 12.1. The number of urea groups is 1. The van der Waals surface area contributed by atoms with Crippen LogP contribution < -0.4 is 5.32 Å². The summed E-state index contributed by atoms with van der Waals surface area (Å²) in [6, 6.07) is 8.97. The van der Waals surface area contributed by atoms with Gasteiger partial charge in [0.2, 0.25) is 5.91 Å². The second-order valence-electron chi connectivity index (χ2n) is 6.14. The molecule has 130 valence electrons. The highest BCUT2D eigenvalue weighted by atomic mass is 16.2. The van der Waals surface area contributed by atoms with Gasteiger partial charge in [-0.05, 0) is 18.4 Å². The number of hydrogen-bond acceptors (Lipinski definition) is 3. The number of nitrogens with zero attached hydrogens (tertiary/aromatic N) is 2. The van der Waals surface area contributed by atoms with Gasteiger partial charge in [0.15, 0.2) is 0 Å². The van der Waals surface area contributed by atoms with E-state index in [0.717, 1.165) is 16.9 Å². The van der Waals surface area contributed by atoms with Crippen LogP contribution in [-0.2, 0) is 9.59 Å². The molecule has 4 amide bonds. The van der Waals surface area contributed by atoms with Crippen molar-refractivity contribution in [2.75, 3.05) is 13.1 Å². The van der Waals surface area contributed by atoms with Crippen molar-refractivity contribution in [3.63, 3.8) is 0 Å². The van der Waals surface area contributed by atoms with E-state index in [-0.39, 0.29) is 37.0 Å². The maximum Gasteiger partial charge on any atom is 0.325 e. The van der Waals surface area contributed by atoms with Crippen LogP contribution in [0.2, 0.25) is 0 Å². The number of benzene rings is 1. The molecule has 0 aliphatic carbocycles. The Balaban J connectivity index is 1.87. The first-order valence-corrected chi connectivity index (χ1v) is 8.33. The molecule has 6 nitrogen and oxygen atoms in total. The predicted molar refractivity (Wildman–Crippen MR) is 93.5 cm³/mol. The quantitative estimate of drug-likeness (QED) is 0.659. The molecule has 2 aliphatic rings. The number of nitrogens with one attached hydrogen (secondary N) is 1. The number of hydrogen-bond donors (Lipinski definition) is 1. The molecule has 0 bridgehead atoms. The van der Waals surface area contributed by atoms with Crippen molar-refractivity contribution in [2.24, 2.45) is 0 Å². The van der Waals surface area contributed by atoms with Crippen LogP contribution >= 0.6 is 0 Å². The van der Waals surface area contributed by atoms with Gasteiger partial charge in [0.05, 0.1) is 12.6 Å². The minimum absolute atomic E-state index is 0.0408. The zero-order chi connectivity index (χ0) is 17.8. The third-order valence-electron chi connectivity index (χ3n) is 4.52. The highest BCUT2D eigenvalue weighted by Gasteiger charge is 2.36. The molecule has 3 rings (SSSR count). The van der Waals surface area contributed by atoms with E-state index in [1.165, 1.54) is 0 Å². The summed E-state index contributed by atoms with van der Waals surface area (Å²) in [5.74, 6) is -0.613. The van der Waals surface area contributed by atoms with Crippen molar-refractivity contribution in [3.05, 3.63) is 60.7 Å². The van der Waals surface area contributed by atoms with Crippen molar-refractivity contribution in [1.82, 2.24) is 15.1 Å². The zero-order valence-corrected chi connectivity index (χ0v) is 13.9. The van der Waals surface area contributed by atoms with Crippen molar-refractivity contribution in [2.45, 2.75) is 24.9 Å². The summed E-state index contributed by atoms with van der Waals surface area (Å²) in [6.07, 6.45) is 7.24. The second-order valence-corrected chi connectivity index (χ2v) is 6.14. The molecule has 1 aromatic carbocycles. The fraction of sp³-hybridized carbons (Fsp3) is 0.316. The third-order valence-corrected chi connectivity index (χ3v) is 4.52. The van der Waals surface area contributed by atoms with Crippen molar-refractivity contribution in [1.29, 1.82) is 0 Å². The molecule has 0 saturated carbocycles. The van der Waals surface area contributed by atoms with E-state index in [0.29, 0.717) is 6.42 Å². The Morgan fingerprint density at radius 2 is 2.04 bits per heavy atom. The van der Waals surface area contributed by atoms with Gasteiger partial charge in [0, 0.05) is 6.04 Å². The molecule has 25 heavy (non-hydrogen) atoms. The molecule has 1 N–H and O–H groups in total. The Morgan fingerprint density at radius 1 is 1.28 bits per heavy atom. The van der Waals surface area contributed by atoms with Crippen molar-refractivity contribution in [3.8, 4) is 0 Å². The maximum absolute atomic E-state index is 13.0. The molecule has 0 spiro atoms. The number of rotatable bonds is 5. The molecule has 2 heterocycles. The average molecular weight is 339 g/mol. The lowest BCUT2D eigenvalue weighted by atomic mass is 9.94. The van der Waals surface area contributed by atoms with Crippen LogP contribution in [0, 0.1) is 0 Å². The summed E-state index contributed by atoms with van der Waals surface area (Å²) in [7, 11) is 0. The number of amides is 4. The first kappa shape index (κ1) is 17.0. The van der Waals surface area contributed by atoms with Gasteiger partial charge in [-0.3, -0.25) is 14.5 Å². The van der Waals surface area contributed by atoms with E-state index >= 15 is 0 Å². The number of carbonyl (C=O) groups excluding carboxylic acids is 3. The molecule has 1 aromatic rings. The SMILES string of the molecule is C=CC[C@@H]1CC=C[C@@H](c2ccccc2)N1C(=O)CN1C(=O)CNC1=O. The number of imide groups is 1. The highest BCUT2D eigenvalue weighted by molar-refractivity contribution is 6.04. The van der Waals surface area contributed by atoms with Crippen LogP contribution in [0.5, 0.6) is 0 Å². The van der Waals surface area contributed by atoms with Crippen molar-refractivity contribution >= 4 is 17.8 Å². The maximum atomic E-state index is 13.0. The van der Waals surface area contributed by atoms with Crippen LogP contribution in [0.3, 0.4) is 0 Å². The molecule has 1 fully saturated rings. The second kappa shape index (κ2) is 7.34. The Kier molecular flexibility index (Phi) is 4.97. The normalized spacial score (nSPS) is 22.9. The number of carbonyl (C=O) groups is 3. The van der Waals surface area contributed by atoms with Gasteiger partial charge in [-0.1, -0.05) is 48.6 Å². The van der Waals surface area contributed by atoms with Crippen LogP contribution in [0.1, 0.15) is 24.4 Å². The smallest absolute Gasteiger partial charge is 0.325 e. The Labute approximate surface area is 146 Å². The minimum Gasteiger partial charge on any atom is -0.329 e. The molecule has 2 aliphatic heterocycles. The molecule has 2 atom stereocenters. The summed E-state index contributed by atoms with van der Waals surface area (Å²) >= 11 is 0. The van der Waals surface area contributed by atoms with Gasteiger partial charge in [0.1, 0.15) is 6.54 Å². The van der Waals surface area contributed by atoms with Crippen LogP contribution in [-0.4, -0.2) is 46.8 Å². The monoisotopic (exact) mass is 339 g/mol. The predicted octanol–water partition coefficient (Wildman–Crippen LogP) is 2.01. The van der Waals surface area contributed by atoms with Gasteiger partial charge in [-0.2, -0.15) is 0 Å². The largest absolute Gasteiger partial charge is 0.329 e. The van der Waals surface area contributed by atoms with Crippen LogP contribution in [0.25, 0.3) is 0 Å². The molecular formula is C19H21N3O3. The highest BCUT2D eigenvalue weighted by Crippen LogP contribution is 2.31. The summed E-state index contributed by atoms with van der Waals surface area (Å²) < 4.78 is 0. The first-order valence-electron chi connectivity index (χ1n) is 8.33. The van der Waals surface area contributed by atoms with Crippen molar-refractivity contribution < 1.29 is 14.4 Å². The Hall–Kier alpha value is -2.89. The summed E-state index contributed by atoms with van der Waals surface area (Å²) in [4.78, 5) is 39.3. The molecule has 1 saturated heterocycles. The standard InChI is InChI=1S/C19H21N3O3/c1-2-7-15-10-6-11-16(14-8-4-3-5-9-14)22(15)18(24)13-21-17(23)12-20-19(21)25/h2-6,8-9,11,15-16H,1,7,10,12-13H2,(H,20,25)/t15-,16+/m1/s1. The molecule has 0 aromatic heterocycles. The molecular weight excluding hydrogens is 318 g/mol. The molecule has 0 unspecified atom stereocenters. The third kappa shape index (κ3) is 3.47. The topological polar surface area (TPSA) is 69.7 Å². The lowest BCUT2D eigenvalue weighted by Crippen LogP contribution is -2.49. The Morgan fingerprint density at radius 3 is 2.68 bits per heavy atom. The van der Waals surface area contributed by atoms with E-state index in [4.69, 9.17) is 0 Å². The van der Waals surface area contributed by atoms with Gasteiger partial charge < -0.3 is 10.2 Å². The van der Waals surface area contributed by atoms with Gasteiger partial charge >= 0.3 is 6.03 Å². The average Bonchev–Trinajstić information content (AvgIpc) is 2.94. The summed E-state index contributed by atoms with van der Waals surface area (Å²) in [5, 5.41) is 2.44. The summed E-state index contributed by atoms with van der Waals surface area (Å²) in [5.41, 5.74) is 0.998. The Bertz CT molecular complexity index is 698. The van der Waals surface area contributed by atoms with Gasteiger partial charge in [-0.15, -0.1) is 6.58 Å². The summed E-state index contributed by atoms with van der Waals surface area (Å²) in [6.45, 7) is 3.49.